The lowest BCUT2D eigenvalue weighted by molar-refractivity contribution is 0.0691. The van der Waals surface area contributed by atoms with Gasteiger partial charge in [-0.25, -0.2) is 9.78 Å². The molecule has 0 unspecified atom stereocenters. The van der Waals surface area contributed by atoms with Crippen molar-refractivity contribution in [3.8, 4) is 11.3 Å². The zero-order valence-corrected chi connectivity index (χ0v) is 11.0. The third kappa shape index (κ3) is 2.57. The minimum absolute atomic E-state index is 0.0266. The Bertz CT molecular complexity index is 674. The van der Waals surface area contributed by atoms with Gasteiger partial charge in [-0.15, -0.1) is 0 Å². The van der Waals surface area contributed by atoms with E-state index in [9.17, 15) is 4.79 Å². The zero-order valence-electron chi connectivity index (χ0n) is 9.52. The molecule has 19 heavy (non-hydrogen) atoms. The van der Waals surface area contributed by atoms with Crippen LogP contribution in [0, 0.1) is 0 Å². The van der Waals surface area contributed by atoms with Crippen LogP contribution in [0.2, 0.25) is 10.0 Å². The van der Waals surface area contributed by atoms with Gasteiger partial charge in [-0.1, -0.05) is 23.2 Å². The molecule has 98 valence electrons. The Hall–Kier alpha value is -1.98. The van der Waals surface area contributed by atoms with E-state index in [2.05, 4.69) is 4.98 Å². The van der Waals surface area contributed by atoms with E-state index in [1.54, 1.807) is 12.1 Å². The van der Waals surface area contributed by atoms with Gasteiger partial charge in [0.2, 0.25) is 0 Å². The van der Waals surface area contributed by atoms with Gasteiger partial charge in [0.15, 0.2) is 5.69 Å². The maximum Gasteiger partial charge on any atom is 0.356 e. The summed E-state index contributed by atoms with van der Waals surface area (Å²) >= 11 is 11.6. The van der Waals surface area contributed by atoms with Gasteiger partial charge < -0.3 is 16.6 Å². The van der Waals surface area contributed by atoms with Gasteiger partial charge in [-0.2, -0.15) is 0 Å². The Morgan fingerprint density at radius 3 is 2.42 bits per heavy atom. The first-order valence-electron chi connectivity index (χ1n) is 5.15. The van der Waals surface area contributed by atoms with Crippen LogP contribution >= 0.6 is 23.2 Å². The second-order valence-corrected chi connectivity index (χ2v) is 4.64. The Kier molecular flexibility index (Phi) is 3.50. The van der Waals surface area contributed by atoms with Gasteiger partial charge in [0.05, 0.1) is 16.4 Å². The van der Waals surface area contributed by atoms with Gasteiger partial charge in [0.1, 0.15) is 0 Å². The third-order valence-corrected chi connectivity index (χ3v) is 3.00. The number of benzene rings is 1. The molecule has 1 aromatic heterocycles. The highest BCUT2D eigenvalue weighted by Gasteiger charge is 2.17. The lowest BCUT2D eigenvalue weighted by atomic mass is 10.1. The van der Waals surface area contributed by atoms with E-state index in [0.29, 0.717) is 16.3 Å². The average Bonchev–Trinajstić information content (AvgIpc) is 2.30. The molecule has 0 aliphatic carbocycles. The number of aromatic carboxylic acids is 1. The highest BCUT2D eigenvalue weighted by Crippen LogP contribution is 2.33. The Labute approximate surface area is 118 Å². The van der Waals surface area contributed by atoms with Crippen LogP contribution in [0.5, 0.6) is 0 Å². The molecule has 0 amide bonds. The molecule has 0 saturated heterocycles. The van der Waals surface area contributed by atoms with Crippen LogP contribution in [0.3, 0.4) is 0 Å². The van der Waals surface area contributed by atoms with Crippen molar-refractivity contribution >= 4 is 40.5 Å². The maximum absolute atomic E-state index is 11.0. The van der Waals surface area contributed by atoms with E-state index in [1.807, 2.05) is 0 Å². The van der Waals surface area contributed by atoms with Crippen LogP contribution < -0.4 is 11.5 Å². The number of hydrogen-bond acceptors (Lipinski definition) is 4. The second-order valence-electron chi connectivity index (χ2n) is 3.79. The molecule has 0 aliphatic rings. The number of nitrogens with two attached hydrogens (primary N) is 2. The molecule has 0 aliphatic heterocycles. The minimum atomic E-state index is -1.24. The van der Waals surface area contributed by atoms with Crippen LogP contribution in [-0.2, 0) is 0 Å². The Morgan fingerprint density at radius 1 is 1.16 bits per heavy atom. The molecular weight excluding hydrogens is 289 g/mol. The summed E-state index contributed by atoms with van der Waals surface area (Å²) < 4.78 is 0. The predicted molar refractivity (Wildman–Crippen MR) is 75.5 cm³/mol. The van der Waals surface area contributed by atoms with Gasteiger partial charge in [0, 0.05) is 16.3 Å². The molecule has 5 nitrogen and oxygen atoms in total. The van der Waals surface area contributed by atoms with Crippen LogP contribution in [0.25, 0.3) is 11.3 Å². The van der Waals surface area contributed by atoms with E-state index >= 15 is 0 Å². The van der Waals surface area contributed by atoms with Gasteiger partial charge in [-0.05, 0) is 24.3 Å². The Morgan fingerprint density at radius 2 is 1.84 bits per heavy atom. The van der Waals surface area contributed by atoms with E-state index in [4.69, 9.17) is 39.8 Å². The van der Waals surface area contributed by atoms with E-state index in [0.717, 1.165) is 0 Å². The number of anilines is 2. The van der Waals surface area contributed by atoms with Crippen molar-refractivity contribution in [3.63, 3.8) is 0 Å². The van der Waals surface area contributed by atoms with E-state index < -0.39 is 5.97 Å². The van der Waals surface area contributed by atoms with E-state index in [1.165, 1.54) is 12.1 Å². The van der Waals surface area contributed by atoms with Gasteiger partial charge >= 0.3 is 5.97 Å². The van der Waals surface area contributed by atoms with Gasteiger partial charge in [0.25, 0.3) is 0 Å². The van der Waals surface area contributed by atoms with E-state index in [-0.39, 0.29) is 22.1 Å². The first-order valence-corrected chi connectivity index (χ1v) is 5.90. The molecule has 0 atom stereocenters. The van der Waals surface area contributed by atoms with Crippen LogP contribution in [-0.4, -0.2) is 16.1 Å². The third-order valence-electron chi connectivity index (χ3n) is 2.48. The summed E-state index contributed by atoms with van der Waals surface area (Å²) in [6.07, 6.45) is 0. The molecule has 1 heterocycles. The van der Waals surface area contributed by atoms with Crippen molar-refractivity contribution in [1.82, 2.24) is 4.98 Å². The fourth-order valence-corrected chi connectivity index (χ4v) is 2.04. The second kappa shape index (κ2) is 4.95. The van der Waals surface area contributed by atoms with Crippen LogP contribution in [0.15, 0.2) is 24.3 Å². The topological polar surface area (TPSA) is 102 Å². The first kappa shape index (κ1) is 13.5. The lowest BCUT2D eigenvalue weighted by Crippen LogP contribution is -2.06. The molecule has 0 fully saturated rings. The molecular formula is C12H9Cl2N3O2. The standard InChI is InChI=1S/C12H9Cl2N3O2/c13-5-1-2-6(8(15)3-5)10-9(16)4-7(14)11(17-10)12(18)19/h1-4H,15-16H2,(H,18,19). The number of halogens is 2. The number of carboxylic acid groups (broad SMARTS) is 1. The smallest absolute Gasteiger partial charge is 0.356 e. The molecule has 0 radical (unpaired) electrons. The van der Waals surface area contributed by atoms with Crippen molar-refractivity contribution < 1.29 is 9.90 Å². The summed E-state index contributed by atoms with van der Waals surface area (Å²) in [5, 5.41) is 9.44. The Balaban J connectivity index is 2.68. The van der Waals surface area contributed by atoms with Crippen molar-refractivity contribution in [3.05, 3.63) is 40.0 Å². The first-order chi connectivity index (χ1) is 8.90. The highest BCUT2D eigenvalue weighted by atomic mass is 35.5. The number of pyridine rings is 1. The number of carbonyl (C=O) groups is 1. The number of aromatic nitrogens is 1. The zero-order chi connectivity index (χ0) is 14.2. The number of nitrogens with zero attached hydrogens (tertiary/aromatic N) is 1. The van der Waals surface area contributed by atoms with Gasteiger partial charge in [-0.3, -0.25) is 0 Å². The molecule has 2 aromatic rings. The summed E-state index contributed by atoms with van der Waals surface area (Å²) in [5.74, 6) is -1.24. The monoisotopic (exact) mass is 297 g/mol. The normalized spacial score (nSPS) is 10.4. The SMILES string of the molecule is Nc1cc(Cl)ccc1-c1nc(C(=O)O)c(Cl)cc1N. The maximum atomic E-state index is 11.0. The summed E-state index contributed by atoms with van der Waals surface area (Å²) in [6, 6.07) is 6.10. The van der Waals surface area contributed by atoms with Crippen molar-refractivity contribution in [2.75, 3.05) is 11.5 Å². The molecule has 2 rings (SSSR count). The number of hydrogen-bond donors (Lipinski definition) is 3. The number of rotatable bonds is 2. The predicted octanol–water partition coefficient (Wildman–Crippen LogP) is 2.92. The molecule has 1 aromatic carbocycles. The molecule has 0 saturated carbocycles. The fraction of sp³-hybridized carbons (Fsp3) is 0. The summed E-state index contributed by atoms with van der Waals surface area (Å²) in [7, 11) is 0. The largest absolute Gasteiger partial charge is 0.476 e. The van der Waals surface area contributed by atoms with Crippen molar-refractivity contribution in [1.29, 1.82) is 0 Å². The number of nitrogen functional groups attached to an aromatic ring is 2. The fourth-order valence-electron chi connectivity index (χ4n) is 1.62. The van der Waals surface area contributed by atoms with Crippen molar-refractivity contribution in [2.24, 2.45) is 0 Å². The molecule has 0 bridgehead atoms. The quantitative estimate of drug-likeness (QED) is 0.740. The summed E-state index contributed by atoms with van der Waals surface area (Å²) in [6.45, 7) is 0. The lowest BCUT2D eigenvalue weighted by Gasteiger charge is -2.10. The molecule has 5 N–H and O–H groups in total. The van der Waals surface area contributed by atoms with Crippen LogP contribution in [0.1, 0.15) is 10.5 Å². The summed E-state index contributed by atoms with van der Waals surface area (Å²) in [5.41, 5.74) is 12.7. The molecule has 0 spiro atoms. The highest BCUT2D eigenvalue weighted by molar-refractivity contribution is 6.33. The summed E-state index contributed by atoms with van der Waals surface area (Å²) in [4.78, 5) is 15.0. The minimum Gasteiger partial charge on any atom is -0.476 e. The number of carboxylic acids is 1. The average molecular weight is 298 g/mol. The molecule has 7 heteroatoms. The van der Waals surface area contributed by atoms with Crippen molar-refractivity contribution in [2.45, 2.75) is 0 Å². The van der Waals surface area contributed by atoms with Crippen LogP contribution in [0.4, 0.5) is 11.4 Å².